The lowest BCUT2D eigenvalue weighted by Crippen LogP contribution is -2.42. The third kappa shape index (κ3) is 1.49. The molecule has 1 aliphatic rings. The van der Waals surface area contributed by atoms with Gasteiger partial charge in [0.25, 0.3) is 0 Å². The molecule has 0 aromatic rings. The summed E-state index contributed by atoms with van der Waals surface area (Å²) in [6, 6.07) is 0. The molecule has 0 spiro atoms. The van der Waals surface area contributed by atoms with Gasteiger partial charge in [-0.2, -0.15) is 0 Å². The van der Waals surface area contributed by atoms with Gasteiger partial charge in [0.2, 0.25) is 0 Å². The molecule has 1 heteroatoms. The monoisotopic (exact) mass is 119 g/mol. The molecule has 0 aromatic heterocycles. The van der Waals surface area contributed by atoms with Gasteiger partial charge in [-0.1, -0.05) is 5.92 Å². The molecule has 1 saturated heterocycles. The Bertz CT molecular complexity index is 183. The number of rotatable bonds is 0. The first-order chi connectivity index (χ1) is 4.33. The molecule has 0 saturated carbocycles. The molecule has 1 nitrogen and oxygen atoms in total. The topological polar surface area (TPSA) is 3.24 Å². The Hall–Kier alpha value is -0.920. The van der Waals surface area contributed by atoms with Gasteiger partial charge in [-0.15, -0.1) is 6.42 Å². The first kappa shape index (κ1) is 6.20. The molecule has 1 heterocycles. The second-order valence-corrected chi connectivity index (χ2v) is 2.33. The fourth-order valence-corrected chi connectivity index (χ4v) is 0.934. The molecule has 0 unspecified atom stereocenters. The molecule has 46 valence electrons. The molecular formula is C8H9N. The number of nitrogens with zero attached hydrogens (tertiary/aromatic N) is 1. The van der Waals surface area contributed by atoms with Gasteiger partial charge in [-0.05, 0) is 18.9 Å². The molecule has 0 aliphatic carbocycles. The number of hydrogen-bond acceptors (Lipinski definition) is 1. The van der Waals surface area contributed by atoms with Crippen molar-refractivity contribution < 1.29 is 0 Å². The fraction of sp³-hybridized carbons (Fsp3) is 0.500. The Balaban J connectivity index is 2.27. The van der Waals surface area contributed by atoms with E-state index in [9.17, 15) is 0 Å². The molecular weight excluding hydrogens is 110 g/mol. The van der Waals surface area contributed by atoms with E-state index in [0.717, 1.165) is 13.1 Å². The lowest BCUT2D eigenvalue weighted by atomic mass is 10.0. The summed E-state index contributed by atoms with van der Waals surface area (Å²) in [5, 5.41) is 0. The van der Waals surface area contributed by atoms with Crippen LogP contribution in [0.25, 0.3) is 0 Å². The van der Waals surface area contributed by atoms with Crippen molar-refractivity contribution in [1.82, 2.24) is 4.90 Å². The lowest BCUT2D eigenvalue weighted by Gasteiger charge is -2.32. The van der Waals surface area contributed by atoms with Crippen LogP contribution in [-0.2, 0) is 0 Å². The van der Waals surface area contributed by atoms with Crippen molar-refractivity contribution in [3.8, 4) is 24.2 Å². The third-order valence-corrected chi connectivity index (χ3v) is 1.41. The van der Waals surface area contributed by atoms with E-state index in [2.05, 4.69) is 29.7 Å². The predicted molar refractivity (Wildman–Crippen MR) is 37.6 cm³/mol. The van der Waals surface area contributed by atoms with Crippen molar-refractivity contribution in [2.24, 2.45) is 5.92 Å². The van der Waals surface area contributed by atoms with E-state index in [4.69, 9.17) is 6.42 Å². The zero-order valence-corrected chi connectivity index (χ0v) is 5.52. The molecule has 0 radical (unpaired) electrons. The van der Waals surface area contributed by atoms with Crippen molar-refractivity contribution in [2.45, 2.75) is 0 Å². The van der Waals surface area contributed by atoms with Gasteiger partial charge >= 0.3 is 0 Å². The van der Waals surface area contributed by atoms with Crippen LogP contribution in [0.1, 0.15) is 0 Å². The highest BCUT2D eigenvalue weighted by atomic mass is 15.2. The summed E-state index contributed by atoms with van der Waals surface area (Å²) in [6.45, 7) is 2.16. The Morgan fingerprint density at radius 2 is 2.22 bits per heavy atom. The van der Waals surface area contributed by atoms with E-state index < -0.39 is 0 Å². The van der Waals surface area contributed by atoms with Gasteiger partial charge in [-0.25, -0.2) is 0 Å². The second-order valence-electron chi connectivity index (χ2n) is 2.33. The average molecular weight is 119 g/mol. The normalized spacial score (nSPS) is 19.1. The molecule has 1 fully saturated rings. The minimum Gasteiger partial charge on any atom is -0.304 e. The first-order valence-electron chi connectivity index (χ1n) is 2.97. The zero-order valence-electron chi connectivity index (χ0n) is 5.52. The summed E-state index contributed by atoms with van der Waals surface area (Å²) in [5.74, 6) is 8.43. The summed E-state index contributed by atoms with van der Waals surface area (Å²) >= 11 is 0. The highest BCUT2D eigenvalue weighted by Crippen LogP contribution is 2.09. The summed E-state index contributed by atoms with van der Waals surface area (Å²) in [5.41, 5.74) is 0. The lowest BCUT2D eigenvalue weighted by molar-refractivity contribution is 0.177. The summed E-state index contributed by atoms with van der Waals surface area (Å²) in [7, 11) is 2.08. The molecule has 1 rings (SSSR count). The SMILES string of the molecule is C#CC#CC1CN(C)C1. The summed E-state index contributed by atoms with van der Waals surface area (Å²) < 4.78 is 0. The van der Waals surface area contributed by atoms with E-state index in [0.29, 0.717) is 5.92 Å². The first-order valence-corrected chi connectivity index (χ1v) is 2.97. The maximum atomic E-state index is 4.95. The van der Waals surface area contributed by atoms with Crippen molar-refractivity contribution in [2.75, 3.05) is 20.1 Å². The predicted octanol–water partition coefficient (Wildman–Crippen LogP) is 0.185. The van der Waals surface area contributed by atoms with Crippen molar-refractivity contribution in [3.05, 3.63) is 0 Å². The molecule has 0 aromatic carbocycles. The third-order valence-electron chi connectivity index (χ3n) is 1.41. The van der Waals surface area contributed by atoms with Gasteiger partial charge < -0.3 is 4.90 Å². The van der Waals surface area contributed by atoms with Gasteiger partial charge in [0, 0.05) is 19.0 Å². The zero-order chi connectivity index (χ0) is 6.69. The fourth-order valence-electron chi connectivity index (χ4n) is 0.934. The van der Waals surface area contributed by atoms with Gasteiger partial charge in [0.15, 0.2) is 0 Å². The van der Waals surface area contributed by atoms with E-state index in [-0.39, 0.29) is 0 Å². The van der Waals surface area contributed by atoms with Crippen molar-refractivity contribution in [1.29, 1.82) is 0 Å². The molecule has 0 N–H and O–H groups in total. The summed E-state index contributed by atoms with van der Waals surface area (Å²) in [4.78, 5) is 2.22. The van der Waals surface area contributed by atoms with Crippen LogP contribution in [0.5, 0.6) is 0 Å². The van der Waals surface area contributed by atoms with E-state index in [1.807, 2.05) is 0 Å². The maximum absolute atomic E-state index is 4.95. The van der Waals surface area contributed by atoms with Crippen LogP contribution in [0.4, 0.5) is 0 Å². The largest absolute Gasteiger partial charge is 0.304 e. The highest BCUT2D eigenvalue weighted by Gasteiger charge is 2.20. The maximum Gasteiger partial charge on any atom is 0.0467 e. The standard InChI is InChI=1S/C8H9N/c1-3-4-5-8-6-9(2)7-8/h1,8H,6-7H2,2H3. The van der Waals surface area contributed by atoms with Crippen LogP contribution in [0.3, 0.4) is 0 Å². The van der Waals surface area contributed by atoms with Crippen LogP contribution in [-0.4, -0.2) is 25.0 Å². The number of terminal acetylenes is 1. The second kappa shape index (κ2) is 2.58. The van der Waals surface area contributed by atoms with E-state index >= 15 is 0 Å². The molecule has 0 bridgehead atoms. The van der Waals surface area contributed by atoms with Crippen molar-refractivity contribution >= 4 is 0 Å². The minimum absolute atomic E-state index is 0.533. The van der Waals surface area contributed by atoms with E-state index in [1.54, 1.807) is 0 Å². The average Bonchev–Trinajstić information content (AvgIpc) is 1.78. The summed E-state index contributed by atoms with van der Waals surface area (Å²) in [6.07, 6.45) is 4.95. The van der Waals surface area contributed by atoms with Crippen LogP contribution in [0.15, 0.2) is 0 Å². The van der Waals surface area contributed by atoms with Crippen LogP contribution in [0.2, 0.25) is 0 Å². The smallest absolute Gasteiger partial charge is 0.0467 e. The highest BCUT2D eigenvalue weighted by molar-refractivity contribution is 5.24. The number of likely N-dealkylation sites (tertiary alicyclic amines) is 1. The number of hydrogen-bond donors (Lipinski definition) is 0. The van der Waals surface area contributed by atoms with Gasteiger partial charge in [0.05, 0.1) is 0 Å². The van der Waals surface area contributed by atoms with Crippen LogP contribution in [0, 0.1) is 30.1 Å². The Labute approximate surface area is 56.0 Å². The quantitative estimate of drug-likeness (QED) is 0.411. The Morgan fingerprint density at radius 3 is 2.67 bits per heavy atom. The Kier molecular flexibility index (Phi) is 1.78. The van der Waals surface area contributed by atoms with Crippen LogP contribution < -0.4 is 0 Å². The molecule has 1 aliphatic heterocycles. The molecule has 0 amide bonds. The molecule has 9 heavy (non-hydrogen) atoms. The molecule has 0 atom stereocenters. The van der Waals surface area contributed by atoms with Gasteiger partial charge in [-0.3, -0.25) is 0 Å². The Morgan fingerprint density at radius 1 is 1.56 bits per heavy atom. The van der Waals surface area contributed by atoms with Crippen LogP contribution >= 0.6 is 0 Å². The van der Waals surface area contributed by atoms with Gasteiger partial charge in [0.1, 0.15) is 0 Å². The minimum atomic E-state index is 0.533. The van der Waals surface area contributed by atoms with Crippen molar-refractivity contribution in [3.63, 3.8) is 0 Å². The van der Waals surface area contributed by atoms with E-state index in [1.165, 1.54) is 0 Å².